The molecule has 10 nitrogen and oxygen atoms in total. The van der Waals surface area contributed by atoms with Crippen LogP contribution in [0.5, 0.6) is 0 Å². The van der Waals surface area contributed by atoms with Crippen molar-refractivity contribution < 1.29 is 9.59 Å². The van der Waals surface area contributed by atoms with E-state index in [4.69, 9.17) is 0 Å². The molecule has 0 spiro atoms. The topological polar surface area (TPSA) is 107 Å². The van der Waals surface area contributed by atoms with Gasteiger partial charge in [0.1, 0.15) is 6.04 Å². The Morgan fingerprint density at radius 2 is 1.82 bits per heavy atom. The second-order valence-corrected chi connectivity index (χ2v) is 10.7. The van der Waals surface area contributed by atoms with E-state index in [0.717, 1.165) is 56.2 Å². The molecular formula is C29H38N8O2. The average Bonchev–Trinajstić information content (AvgIpc) is 3.61. The van der Waals surface area contributed by atoms with E-state index < -0.39 is 6.04 Å². The zero-order chi connectivity index (χ0) is 27.2. The highest BCUT2D eigenvalue weighted by molar-refractivity contribution is 6.01. The summed E-state index contributed by atoms with van der Waals surface area (Å²) in [5.41, 5.74) is 2.80. The lowest BCUT2D eigenvalue weighted by Crippen LogP contribution is -2.45. The summed E-state index contributed by atoms with van der Waals surface area (Å²) in [6, 6.07) is 10.7. The second-order valence-electron chi connectivity index (χ2n) is 10.7. The van der Waals surface area contributed by atoms with Gasteiger partial charge >= 0.3 is 0 Å². The molecule has 1 aliphatic heterocycles. The van der Waals surface area contributed by atoms with Crippen LogP contribution in [0.3, 0.4) is 0 Å². The van der Waals surface area contributed by atoms with Crippen molar-refractivity contribution in [1.82, 2.24) is 25.0 Å². The molecule has 3 heterocycles. The molecule has 2 aromatic heterocycles. The van der Waals surface area contributed by atoms with Gasteiger partial charge < -0.3 is 25.8 Å². The van der Waals surface area contributed by atoms with Crippen molar-refractivity contribution in [1.29, 1.82) is 0 Å². The summed E-state index contributed by atoms with van der Waals surface area (Å²) >= 11 is 0. The van der Waals surface area contributed by atoms with Crippen molar-refractivity contribution in [3.05, 3.63) is 60.6 Å². The van der Waals surface area contributed by atoms with Crippen molar-refractivity contribution >= 4 is 34.7 Å². The molecule has 39 heavy (non-hydrogen) atoms. The van der Waals surface area contributed by atoms with Crippen LogP contribution in [0.1, 0.15) is 42.5 Å². The highest BCUT2D eigenvalue weighted by Gasteiger charge is 2.27. The molecular weight excluding hydrogens is 492 g/mol. The molecule has 2 amide bonds. The molecule has 2 fully saturated rings. The van der Waals surface area contributed by atoms with Crippen LogP contribution < -0.4 is 20.9 Å². The lowest BCUT2D eigenvalue weighted by molar-refractivity contribution is -0.118. The molecule has 0 radical (unpaired) electrons. The van der Waals surface area contributed by atoms with E-state index in [1.165, 1.54) is 12.8 Å². The fourth-order valence-corrected chi connectivity index (χ4v) is 5.43. The van der Waals surface area contributed by atoms with E-state index in [1.54, 1.807) is 30.2 Å². The third kappa shape index (κ3) is 6.94. The van der Waals surface area contributed by atoms with Gasteiger partial charge in [-0.05, 0) is 49.7 Å². The fourth-order valence-electron chi connectivity index (χ4n) is 5.43. The molecule has 1 atom stereocenters. The number of amides is 2. The van der Waals surface area contributed by atoms with Gasteiger partial charge in [0.05, 0.1) is 17.6 Å². The lowest BCUT2D eigenvalue weighted by Gasteiger charge is -2.34. The number of benzene rings is 1. The van der Waals surface area contributed by atoms with Crippen LogP contribution >= 0.6 is 0 Å². The summed E-state index contributed by atoms with van der Waals surface area (Å²) in [6.45, 7) is 3.80. The van der Waals surface area contributed by atoms with Crippen molar-refractivity contribution in [2.45, 2.75) is 38.1 Å². The first kappa shape index (κ1) is 26.7. The highest BCUT2D eigenvalue weighted by atomic mass is 16.2. The summed E-state index contributed by atoms with van der Waals surface area (Å²) in [4.78, 5) is 35.8. The number of aryl methyl sites for hydroxylation is 1. The minimum Gasteiger partial charge on any atom is -0.352 e. The van der Waals surface area contributed by atoms with Gasteiger partial charge in [0, 0.05) is 56.9 Å². The van der Waals surface area contributed by atoms with E-state index in [2.05, 4.69) is 42.9 Å². The predicted molar refractivity (Wildman–Crippen MR) is 153 cm³/mol. The number of hydrogen-bond donors (Lipinski definition) is 3. The monoisotopic (exact) mass is 530 g/mol. The molecule has 2 aliphatic rings. The zero-order valence-corrected chi connectivity index (χ0v) is 22.8. The summed E-state index contributed by atoms with van der Waals surface area (Å²) in [7, 11) is 3.93. The Bertz CT molecular complexity index is 1280. The van der Waals surface area contributed by atoms with E-state index in [-0.39, 0.29) is 11.8 Å². The Morgan fingerprint density at radius 1 is 1.03 bits per heavy atom. The summed E-state index contributed by atoms with van der Waals surface area (Å²) in [6.07, 6.45) is 10.3. The molecule has 0 bridgehead atoms. The van der Waals surface area contributed by atoms with Crippen molar-refractivity contribution in [2.75, 3.05) is 48.8 Å². The Kier molecular flexibility index (Phi) is 8.41. The quantitative estimate of drug-likeness (QED) is 0.388. The molecule has 1 aromatic carbocycles. The molecule has 1 saturated heterocycles. The molecule has 1 aliphatic carbocycles. The Balaban J connectivity index is 1.29. The van der Waals surface area contributed by atoms with Gasteiger partial charge in [-0.1, -0.05) is 31.7 Å². The third-order valence-corrected chi connectivity index (χ3v) is 7.63. The van der Waals surface area contributed by atoms with E-state index in [9.17, 15) is 9.59 Å². The molecule has 5 rings (SSSR count). The standard InChI is InChI=1S/C29H38N8O2/c1-35-13-15-37(16-14-35)27-25(11-6-12-30-27)32-23-10-5-9-22(18-23)28(38)34-26(17-21-7-3-4-8-21)29(39)33-24-19-31-36(2)20-24/h5-6,9-12,18-21,26,32H,3-4,7-8,13-17H2,1-2H3,(H,33,39)(H,34,38). The van der Waals surface area contributed by atoms with Gasteiger partial charge in [0.15, 0.2) is 5.82 Å². The molecule has 3 aromatic rings. The third-order valence-electron chi connectivity index (χ3n) is 7.63. The van der Waals surface area contributed by atoms with Gasteiger partial charge in [-0.3, -0.25) is 14.3 Å². The normalized spacial score (nSPS) is 17.1. The Labute approximate surface area is 229 Å². The number of carbonyl (C=O) groups is 2. The largest absolute Gasteiger partial charge is 0.352 e. The molecule has 1 saturated carbocycles. The maximum atomic E-state index is 13.4. The highest BCUT2D eigenvalue weighted by Crippen LogP contribution is 2.30. The van der Waals surface area contributed by atoms with E-state index in [1.807, 2.05) is 36.5 Å². The Hall–Kier alpha value is -3.92. The number of piperazine rings is 1. The first-order valence-electron chi connectivity index (χ1n) is 13.8. The van der Waals surface area contributed by atoms with Crippen molar-refractivity contribution in [3.8, 4) is 0 Å². The van der Waals surface area contributed by atoms with Crippen molar-refractivity contribution in [3.63, 3.8) is 0 Å². The van der Waals surface area contributed by atoms with Gasteiger partial charge in [-0.2, -0.15) is 5.10 Å². The van der Waals surface area contributed by atoms with Crippen molar-refractivity contribution in [2.24, 2.45) is 13.0 Å². The maximum absolute atomic E-state index is 13.4. The van der Waals surface area contributed by atoms with Gasteiger partial charge in [0.25, 0.3) is 5.91 Å². The summed E-state index contributed by atoms with van der Waals surface area (Å²) in [5, 5.41) is 13.5. The first-order valence-corrected chi connectivity index (χ1v) is 13.8. The average molecular weight is 531 g/mol. The van der Waals surface area contributed by atoms with Crippen LogP contribution in [0.4, 0.5) is 22.9 Å². The van der Waals surface area contributed by atoms with Crippen LogP contribution in [0.25, 0.3) is 0 Å². The smallest absolute Gasteiger partial charge is 0.252 e. The van der Waals surface area contributed by atoms with Crippen LogP contribution in [-0.4, -0.2) is 70.7 Å². The van der Waals surface area contributed by atoms with Crippen LogP contribution in [0.15, 0.2) is 55.0 Å². The van der Waals surface area contributed by atoms with Gasteiger partial charge in [-0.15, -0.1) is 0 Å². The van der Waals surface area contributed by atoms with Crippen LogP contribution in [-0.2, 0) is 11.8 Å². The minimum atomic E-state index is -0.625. The number of aromatic nitrogens is 3. The summed E-state index contributed by atoms with van der Waals surface area (Å²) in [5.74, 6) is 0.851. The number of likely N-dealkylation sites (N-methyl/N-ethyl adjacent to an activating group) is 1. The Morgan fingerprint density at radius 3 is 2.56 bits per heavy atom. The SMILES string of the molecule is CN1CCN(c2ncccc2Nc2cccc(C(=O)NC(CC3CCCC3)C(=O)Nc3cnn(C)c3)c2)CC1. The van der Waals surface area contributed by atoms with Gasteiger partial charge in [-0.25, -0.2) is 4.98 Å². The van der Waals surface area contributed by atoms with Crippen LogP contribution in [0.2, 0.25) is 0 Å². The second kappa shape index (κ2) is 12.3. The minimum absolute atomic E-state index is 0.218. The number of rotatable bonds is 9. The number of pyridine rings is 1. The number of hydrogen-bond acceptors (Lipinski definition) is 7. The first-order chi connectivity index (χ1) is 18.9. The number of carbonyl (C=O) groups excluding carboxylic acids is 2. The van der Waals surface area contributed by atoms with Gasteiger partial charge in [0.2, 0.25) is 5.91 Å². The number of nitrogens with one attached hydrogen (secondary N) is 3. The molecule has 206 valence electrons. The van der Waals surface area contributed by atoms with Crippen LogP contribution in [0, 0.1) is 5.92 Å². The number of nitrogens with zero attached hydrogens (tertiary/aromatic N) is 5. The molecule has 3 N–H and O–H groups in total. The zero-order valence-electron chi connectivity index (χ0n) is 22.8. The predicted octanol–water partition coefficient (Wildman–Crippen LogP) is 3.63. The lowest BCUT2D eigenvalue weighted by atomic mass is 9.97. The summed E-state index contributed by atoms with van der Waals surface area (Å²) < 4.78 is 1.63. The molecule has 1 unspecified atom stereocenters. The maximum Gasteiger partial charge on any atom is 0.252 e. The molecule has 10 heteroatoms. The van der Waals surface area contributed by atoms with E-state index >= 15 is 0 Å². The fraction of sp³-hybridized carbons (Fsp3) is 0.448. The van der Waals surface area contributed by atoms with E-state index in [0.29, 0.717) is 23.6 Å². The number of anilines is 4.